The summed E-state index contributed by atoms with van der Waals surface area (Å²) < 4.78 is 18.5. The maximum absolute atomic E-state index is 13.0. The van der Waals surface area contributed by atoms with Crippen LogP contribution in [0.25, 0.3) is 0 Å². The van der Waals surface area contributed by atoms with Gasteiger partial charge in [-0.05, 0) is 24.3 Å². The van der Waals surface area contributed by atoms with Crippen LogP contribution in [-0.4, -0.2) is 24.4 Å². The Morgan fingerprint density at radius 1 is 1.14 bits per heavy atom. The van der Waals surface area contributed by atoms with Crippen LogP contribution in [0.2, 0.25) is 10.0 Å². The van der Waals surface area contributed by atoms with Crippen LogP contribution in [0.4, 0.5) is 10.1 Å². The normalized spacial score (nSPS) is 12.0. The Morgan fingerprint density at radius 3 is 2.38 bits per heavy atom. The highest BCUT2D eigenvalue weighted by molar-refractivity contribution is 6.39. The molecule has 0 aliphatic carbocycles. The van der Waals surface area contributed by atoms with Crippen LogP contribution in [0.5, 0.6) is 5.75 Å². The minimum Gasteiger partial charge on any atom is -0.491 e. The number of benzene rings is 2. The third-order valence-corrected chi connectivity index (χ3v) is 3.30. The summed E-state index contributed by atoms with van der Waals surface area (Å²) in [5, 5.41) is 13.1. The van der Waals surface area contributed by atoms with Gasteiger partial charge in [-0.1, -0.05) is 41.4 Å². The van der Waals surface area contributed by atoms with E-state index in [0.717, 1.165) is 12.1 Å². The van der Waals surface area contributed by atoms with E-state index in [4.69, 9.17) is 27.9 Å². The first-order chi connectivity index (χ1) is 10.1. The van der Waals surface area contributed by atoms with Crippen molar-refractivity contribution in [3.05, 3.63) is 58.3 Å². The van der Waals surface area contributed by atoms with Crippen molar-refractivity contribution in [2.24, 2.45) is 0 Å². The van der Waals surface area contributed by atoms with Gasteiger partial charge in [0.05, 0.1) is 15.7 Å². The number of halogens is 3. The molecule has 0 bridgehead atoms. The molecule has 1 atom stereocenters. The van der Waals surface area contributed by atoms with Gasteiger partial charge in [-0.2, -0.15) is 0 Å². The predicted molar refractivity (Wildman–Crippen MR) is 82.9 cm³/mol. The maximum atomic E-state index is 13.0. The number of anilines is 1. The van der Waals surface area contributed by atoms with Crippen LogP contribution in [0.1, 0.15) is 0 Å². The molecule has 2 aromatic carbocycles. The molecule has 1 unspecified atom stereocenters. The number of hydrogen-bond acceptors (Lipinski definition) is 3. The fourth-order valence-corrected chi connectivity index (χ4v) is 2.29. The smallest absolute Gasteiger partial charge is 0.126 e. The standard InChI is InChI=1S/C15H14Cl2FNO2/c16-13-6-10(18)7-14(17)15(13)19-8-11(20)9-21-12-4-2-1-3-5-12/h1-7,11,19-20H,8-9H2. The van der Waals surface area contributed by atoms with Crippen molar-refractivity contribution in [1.29, 1.82) is 0 Å². The second-order valence-electron chi connectivity index (χ2n) is 4.40. The van der Waals surface area contributed by atoms with E-state index in [2.05, 4.69) is 5.32 Å². The van der Waals surface area contributed by atoms with E-state index >= 15 is 0 Å². The molecule has 2 rings (SSSR count). The lowest BCUT2D eigenvalue weighted by Crippen LogP contribution is -2.26. The molecule has 2 N–H and O–H groups in total. The largest absolute Gasteiger partial charge is 0.491 e. The van der Waals surface area contributed by atoms with Gasteiger partial charge in [0.25, 0.3) is 0 Å². The quantitative estimate of drug-likeness (QED) is 0.842. The average Bonchev–Trinajstić information content (AvgIpc) is 2.45. The molecule has 0 aromatic heterocycles. The first kappa shape index (κ1) is 15.9. The fourth-order valence-electron chi connectivity index (χ4n) is 1.70. The molecule has 3 nitrogen and oxygen atoms in total. The molecule has 0 spiro atoms. The van der Waals surface area contributed by atoms with E-state index in [1.807, 2.05) is 18.2 Å². The van der Waals surface area contributed by atoms with Gasteiger partial charge in [0, 0.05) is 6.54 Å². The summed E-state index contributed by atoms with van der Waals surface area (Å²) in [7, 11) is 0. The van der Waals surface area contributed by atoms with Crippen molar-refractivity contribution in [2.45, 2.75) is 6.10 Å². The SMILES string of the molecule is OC(CNc1c(Cl)cc(F)cc1Cl)COc1ccccc1. The van der Waals surface area contributed by atoms with Crippen LogP contribution >= 0.6 is 23.2 Å². The van der Waals surface area contributed by atoms with Gasteiger partial charge in [-0.15, -0.1) is 0 Å². The summed E-state index contributed by atoms with van der Waals surface area (Å²) in [6.07, 6.45) is -0.762. The highest BCUT2D eigenvalue weighted by Crippen LogP contribution is 2.31. The van der Waals surface area contributed by atoms with Crippen molar-refractivity contribution in [3.8, 4) is 5.75 Å². The summed E-state index contributed by atoms with van der Waals surface area (Å²) in [5.41, 5.74) is 0.387. The van der Waals surface area contributed by atoms with Crippen molar-refractivity contribution in [2.75, 3.05) is 18.5 Å². The Hall–Kier alpha value is -1.49. The Morgan fingerprint density at radius 2 is 1.76 bits per heavy atom. The summed E-state index contributed by atoms with van der Waals surface area (Å²) in [4.78, 5) is 0. The van der Waals surface area contributed by atoms with Crippen molar-refractivity contribution in [3.63, 3.8) is 0 Å². The Bertz CT molecular complexity index is 572. The second-order valence-corrected chi connectivity index (χ2v) is 5.22. The summed E-state index contributed by atoms with van der Waals surface area (Å²) in [5.74, 6) is 0.165. The van der Waals surface area contributed by atoms with Crippen LogP contribution in [0.15, 0.2) is 42.5 Å². The minimum absolute atomic E-state index is 0.118. The highest BCUT2D eigenvalue weighted by atomic mass is 35.5. The third kappa shape index (κ3) is 4.77. The lowest BCUT2D eigenvalue weighted by Gasteiger charge is -2.15. The maximum Gasteiger partial charge on any atom is 0.126 e. The molecule has 6 heteroatoms. The third-order valence-electron chi connectivity index (χ3n) is 2.71. The minimum atomic E-state index is -0.762. The lowest BCUT2D eigenvalue weighted by molar-refractivity contribution is 0.117. The molecule has 0 amide bonds. The zero-order valence-electron chi connectivity index (χ0n) is 11.0. The van der Waals surface area contributed by atoms with Crippen LogP contribution in [0.3, 0.4) is 0 Å². The Kier molecular flexibility index (Phi) is 5.67. The molecule has 0 heterocycles. The average molecular weight is 330 g/mol. The molecule has 112 valence electrons. The summed E-state index contributed by atoms with van der Waals surface area (Å²) in [6, 6.07) is 11.5. The van der Waals surface area contributed by atoms with Gasteiger partial charge >= 0.3 is 0 Å². The number of rotatable bonds is 6. The molecule has 21 heavy (non-hydrogen) atoms. The van der Waals surface area contributed by atoms with Gasteiger partial charge in [0.2, 0.25) is 0 Å². The summed E-state index contributed by atoms with van der Waals surface area (Å²) >= 11 is 11.8. The number of nitrogens with one attached hydrogen (secondary N) is 1. The fraction of sp³-hybridized carbons (Fsp3) is 0.200. The number of hydrogen-bond donors (Lipinski definition) is 2. The van der Waals surface area contributed by atoms with Gasteiger partial charge in [-0.25, -0.2) is 4.39 Å². The first-order valence-corrected chi connectivity index (χ1v) is 7.06. The predicted octanol–water partition coefficient (Wildman–Crippen LogP) is 3.98. The second kappa shape index (κ2) is 7.50. The van der Waals surface area contributed by atoms with Crippen LogP contribution < -0.4 is 10.1 Å². The first-order valence-electron chi connectivity index (χ1n) is 6.30. The zero-order chi connectivity index (χ0) is 15.2. The van der Waals surface area contributed by atoms with Gasteiger partial charge in [-0.3, -0.25) is 0 Å². The molecule has 2 aromatic rings. The molecule has 0 saturated heterocycles. The monoisotopic (exact) mass is 329 g/mol. The van der Waals surface area contributed by atoms with E-state index in [1.54, 1.807) is 12.1 Å². The van der Waals surface area contributed by atoms with Gasteiger partial charge in [0.1, 0.15) is 24.3 Å². The molecule has 0 aliphatic rings. The Balaban J connectivity index is 1.85. The molecule has 0 radical (unpaired) electrons. The van der Waals surface area contributed by atoms with Crippen LogP contribution in [-0.2, 0) is 0 Å². The molecule has 0 saturated carbocycles. The number of aliphatic hydroxyl groups excluding tert-OH is 1. The van der Waals surface area contributed by atoms with E-state index < -0.39 is 11.9 Å². The van der Waals surface area contributed by atoms with Crippen molar-refractivity contribution in [1.82, 2.24) is 0 Å². The lowest BCUT2D eigenvalue weighted by atomic mass is 10.3. The van der Waals surface area contributed by atoms with Crippen LogP contribution in [0, 0.1) is 5.82 Å². The molecule has 0 aliphatic heterocycles. The number of para-hydroxylation sites is 1. The summed E-state index contributed by atoms with van der Waals surface area (Å²) in [6.45, 7) is 0.297. The van der Waals surface area contributed by atoms with Crippen molar-refractivity contribution < 1.29 is 14.2 Å². The number of ether oxygens (including phenoxy) is 1. The number of aliphatic hydroxyl groups is 1. The molecular formula is C15H14Cl2FNO2. The van der Waals surface area contributed by atoms with E-state index in [9.17, 15) is 9.50 Å². The van der Waals surface area contributed by atoms with Gasteiger partial charge < -0.3 is 15.2 Å². The molecular weight excluding hydrogens is 316 g/mol. The Labute approximate surface area is 132 Å². The van der Waals surface area contributed by atoms with E-state index in [1.165, 1.54) is 0 Å². The zero-order valence-corrected chi connectivity index (χ0v) is 12.5. The van der Waals surface area contributed by atoms with E-state index in [0.29, 0.717) is 11.4 Å². The highest BCUT2D eigenvalue weighted by Gasteiger charge is 2.11. The topological polar surface area (TPSA) is 41.5 Å². The molecule has 0 fully saturated rings. The van der Waals surface area contributed by atoms with Gasteiger partial charge in [0.15, 0.2) is 0 Å². The van der Waals surface area contributed by atoms with E-state index in [-0.39, 0.29) is 23.2 Å². The van der Waals surface area contributed by atoms with Crippen molar-refractivity contribution >= 4 is 28.9 Å².